The van der Waals surface area contributed by atoms with Gasteiger partial charge in [-0.2, -0.15) is 0 Å². The summed E-state index contributed by atoms with van der Waals surface area (Å²) in [6.07, 6.45) is -0.0956. The molecule has 0 amide bonds. The van der Waals surface area contributed by atoms with Gasteiger partial charge in [-0.3, -0.25) is 14.4 Å². The zero-order valence-electron chi connectivity index (χ0n) is 6.51. The van der Waals surface area contributed by atoms with Gasteiger partial charge < -0.3 is 15.3 Å². The standard InChI is InChI=1S/C7H8O6/c8-5(9)2-1-3(6(10)11)4(2)7(12)13/h2-4H,1H2,(H,8,9)(H,10,11)(H,12,13). The van der Waals surface area contributed by atoms with Crippen molar-refractivity contribution in [2.75, 3.05) is 0 Å². The summed E-state index contributed by atoms with van der Waals surface area (Å²) >= 11 is 0. The van der Waals surface area contributed by atoms with E-state index in [0.717, 1.165) is 0 Å². The zero-order chi connectivity index (χ0) is 10.2. The van der Waals surface area contributed by atoms with Crippen LogP contribution in [0.15, 0.2) is 0 Å². The van der Waals surface area contributed by atoms with Gasteiger partial charge in [0.05, 0.1) is 17.8 Å². The molecule has 0 aromatic rings. The molecule has 6 heteroatoms. The van der Waals surface area contributed by atoms with E-state index in [2.05, 4.69) is 0 Å². The molecule has 0 saturated heterocycles. The maximum absolute atomic E-state index is 10.5. The van der Waals surface area contributed by atoms with Crippen LogP contribution in [0, 0.1) is 17.8 Å². The zero-order valence-corrected chi connectivity index (χ0v) is 6.51. The Labute approximate surface area is 72.8 Å². The lowest BCUT2D eigenvalue weighted by molar-refractivity contribution is -0.174. The van der Waals surface area contributed by atoms with Crippen LogP contribution in [0.3, 0.4) is 0 Å². The second kappa shape index (κ2) is 3.04. The van der Waals surface area contributed by atoms with Gasteiger partial charge in [0.25, 0.3) is 0 Å². The first kappa shape index (κ1) is 9.50. The number of carboxylic acids is 3. The van der Waals surface area contributed by atoms with Gasteiger partial charge in [0, 0.05) is 0 Å². The minimum Gasteiger partial charge on any atom is -0.481 e. The van der Waals surface area contributed by atoms with Crippen LogP contribution in [0.2, 0.25) is 0 Å². The van der Waals surface area contributed by atoms with Crippen LogP contribution in [0.1, 0.15) is 6.42 Å². The molecular formula is C7H8O6. The van der Waals surface area contributed by atoms with Crippen LogP contribution in [0.4, 0.5) is 0 Å². The highest BCUT2D eigenvalue weighted by molar-refractivity contribution is 5.88. The Hall–Kier alpha value is -1.59. The van der Waals surface area contributed by atoms with E-state index in [1.54, 1.807) is 0 Å². The third kappa shape index (κ3) is 1.47. The predicted molar refractivity (Wildman–Crippen MR) is 38.0 cm³/mol. The molecular weight excluding hydrogens is 180 g/mol. The van der Waals surface area contributed by atoms with E-state index in [4.69, 9.17) is 15.3 Å². The molecule has 0 aromatic heterocycles. The monoisotopic (exact) mass is 188 g/mol. The van der Waals surface area contributed by atoms with Gasteiger partial charge in [-0.05, 0) is 6.42 Å². The van der Waals surface area contributed by atoms with E-state index >= 15 is 0 Å². The summed E-state index contributed by atoms with van der Waals surface area (Å²) in [4.78, 5) is 31.3. The molecule has 1 aliphatic carbocycles. The lowest BCUT2D eigenvalue weighted by Gasteiger charge is -2.36. The summed E-state index contributed by atoms with van der Waals surface area (Å²) in [5, 5.41) is 25.5. The molecule has 0 aliphatic heterocycles. The third-order valence-electron chi connectivity index (χ3n) is 2.29. The fourth-order valence-corrected chi connectivity index (χ4v) is 1.50. The van der Waals surface area contributed by atoms with Gasteiger partial charge in [-0.1, -0.05) is 0 Å². The van der Waals surface area contributed by atoms with E-state index in [0.29, 0.717) is 0 Å². The van der Waals surface area contributed by atoms with Crippen molar-refractivity contribution >= 4 is 17.9 Å². The maximum Gasteiger partial charge on any atom is 0.308 e. The molecule has 1 aliphatic rings. The average Bonchev–Trinajstić information content (AvgIpc) is 1.79. The highest BCUT2D eigenvalue weighted by Crippen LogP contribution is 2.40. The molecule has 0 spiro atoms. The van der Waals surface area contributed by atoms with E-state index in [1.165, 1.54) is 0 Å². The van der Waals surface area contributed by atoms with Crippen molar-refractivity contribution in [3.05, 3.63) is 0 Å². The molecule has 2 unspecified atom stereocenters. The molecule has 72 valence electrons. The van der Waals surface area contributed by atoms with Gasteiger partial charge in [0.15, 0.2) is 0 Å². The van der Waals surface area contributed by atoms with Gasteiger partial charge in [-0.25, -0.2) is 0 Å². The first-order valence-electron chi connectivity index (χ1n) is 3.63. The number of rotatable bonds is 3. The highest BCUT2D eigenvalue weighted by atomic mass is 16.4. The van der Waals surface area contributed by atoms with E-state index in [-0.39, 0.29) is 6.42 Å². The van der Waals surface area contributed by atoms with Crippen LogP contribution < -0.4 is 0 Å². The summed E-state index contributed by atoms with van der Waals surface area (Å²) in [6.45, 7) is 0. The SMILES string of the molecule is O=C(O)C1CC(C(=O)O)C1C(=O)O. The summed E-state index contributed by atoms with van der Waals surface area (Å²) in [6, 6.07) is 0. The Bertz CT molecular complexity index is 250. The number of carboxylic acid groups (broad SMARTS) is 3. The molecule has 2 atom stereocenters. The molecule has 1 fully saturated rings. The van der Waals surface area contributed by atoms with Crippen molar-refractivity contribution in [2.24, 2.45) is 17.8 Å². The smallest absolute Gasteiger partial charge is 0.308 e. The fraction of sp³-hybridized carbons (Fsp3) is 0.571. The number of carbonyl (C=O) groups is 3. The second-order valence-electron chi connectivity index (χ2n) is 2.99. The van der Waals surface area contributed by atoms with Crippen molar-refractivity contribution in [2.45, 2.75) is 6.42 Å². The minimum absolute atomic E-state index is 0.0956. The Morgan fingerprint density at radius 2 is 1.23 bits per heavy atom. The van der Waals surface area contributed by atoms with E-state index in [1.807, 2.05) is 0 Å². The van der Waals surface area contributed by atoms with Crippen LogP contribution in [-0.2, 0) is 14.4 Å². The van der Waals surface area contributed by atoms with Crippen molar-refractivity contribution in [1.29, 1.82) is 0 Å². The topological polar surface area (TPSA) is 112 Å². The van der Waals surface area contributed by atoms with Gasteiger partial charge in [0.1, 0.15) is 0 Å². The molecule has 0 radical (unpaired) electrons. The second-order valence-corrected chi connectivity index (χ2v) is 2.99. The molecule has 1 rings (SSSR count). The number of hydrogen-bond acceptors (Lipinski definition) is 3. The molecule has 1 saturated carbocycles. The Morgan fingerprint density at radius 3 is 1.46 bits per heavy atom. The largest absolute Gasteiger partial charge is 0.481 e. The fourth-order valence-electron chi connectivity index (χ4n) is 1.50. The normalized spacial score (nSPS) is 31.8. The third-order valence-corrected chi connectivity index (χ3v) is 2.29. The van der Waals surface area contributed by atoms with Crippen molar-refractivity contribution in [1.82, 2.24) is 0 Å². The molecule has 0 heterocycles. The first-order chi connectivity index (χ1) is 5.95. The van der Waals surface area contributed by atoms with Crippen molar-refractivity contribution < 1.29 is 29.7 Å². The van der Waals surface area contributed by atoms with Crippen molar-refractivity contribution in [3.8, 4) is 0 Å². The summed E-state index contributed by atoms with van der Waals surface area (Å²) < 4.78 is 0. The summed E-state index contributed by atoms with van der Waals surface area (Å²) in [5.74, 6) is -7.24. The van der Waals surface area contributed by atoms with Gasteiger partial charge in [-0.15, -0.1) is 0 Å². The van der Waals surface area contributed by atoms with Gasteiger partial charge in [0.2, 0.25) is 0 Å². The lowest BCUT2D eigenvalue weighted by Crippen LogP contribution is -2.49. The van der Waals surface area contributed by atoms with Crippen LogP contribution in [-0.4, -0.2) is 33.2 Å². The molecule has 0 aromatic carbocycles. The number of aliphatic carboxylic acids is 3. The molecule has 0 bridgehead atoms. The van der Waals surface area contributed by atoms with Crippen molar-refractivity contribution in [3.63, 3.8) is 0 Å². The quantitative estimate of drug-likeness (QED) is 0.550. The van der Waals surface area contributed by atoms with E-state index < -0.39 is 35.7 Å². The molecule has 13 heavy (non-hydrogen) atoms. The van der Waals surface area contributed by atoms with Crippen LogP contribution >= 0.6 is 0 Å². The molecule has 6 nitrogen and oxygen atoms in total. The Morgan fingerprint density at radius 1 is 0.846 bits per heavy atom. The summed E-state index contributed by atoms with van der Waals surface area (Å²) in [5.41, 5.74) is 0. The Kier molecular flexibility index (Phi) is 2.22. The number of hydrogen-bond donors (Lipinski definition) is 3. The van der Waals surface area contributed by atoms with Crippen LogP contribution in [0.5, 0.6) is 0 Å². The summed E-state index contributed by atoms with van der Waals surface area (Å²) in [7, 11) is 0. The lowest BCUT2D eigenvalue weighted by atomic mass is 9.64. The average molecular weight is 188 g/mol. The van der Waals surface area contributed by atoms with Gasteiger partial charge >= 0.3 is 17.9 Å². The van der Waals surface area contributed by atoms with E-state index in [9.17, 15) is 14.4 Å². The first-order valence-corrected chi connectivity index (χ1v) is 3.63. The molecule has 3 N–H and O–H groups in total. The maximum atomic E-state index is 10.5. The van der Waals surface area contributed by atoms with Crippen LogP contribution in [0.25, 0.3) is 0 Å². The predicted octanol–water partition coefficient (Wildman–Crippen LogP) is -0.508. The minimum atomic E-state index is -1.36. The Balaban J connectivity index is 2.74. The highest BCUT2D eigenvalue weighted by Gasteiger charge is 2.53.